The Hall–Kier alpha value is -0.850. The molecule has 2 atom stereocenters. The van der Waals surface area contributed by atoms with Gasteiger partial charge in [-0.05, 0) is 24.9 Å². The van der Waals surface area contributed by atoms with E-state index in [1.807, 2.05) is 6.07 Å². The monoisotopic (exact) mass is 389 g/mol. The van der Waals surface area contributed by atoms with Gasteiger partial charge in [0, 0.05) is 32.7 Å². The van der Waals surface area contributed by atoms with Crippen molar-refractivity contribution in [3.8, 4) is 0 Å². The highest BCUT2D eigenvalue weighted by molar-refractivity contribution is 5.85. The smallest absolute Gasteiger partial charge is 0.224 e. The summed E-state index contributed by atoms with van der Waals surface area (Å²) in [4.78, 5) is 14.6. The van der Waals surface area contributed by atoms with E-state index in [1.54, 1.807) is 0 Å². The van der Waals surface area contributed by atoms with Crippen molar-refractivity contribution >= 4 is 30.7 Å². The minimum absolute atomic E-state index is 0. The Kier molecular flexibility index (Phi) is 10.4. The number of nitrogens with one attached hydrogen (secondary N) is 2. The van der Waals surface area contributed by atoms with Crippen LogP contribution in [0.2, 0.25) is 0 Å². The summed E-state index contributed by atoms with van der Waals surface area (Å²) in [6.45, 7) is 5.95. The third-order valence-corrected chi connectivity index (χ3v) is 4.64. The fourth-order valence-electron chi connectivity index (χ4n) is 3.32. The number of carbonyl (C=O) groups is 1. The summed E-state index contributed by atoms with van der Waals surface area (Å²) in [5.41, 5.74) is 1.32. The van der Waals surface area contributed by atoms with E-state index in [1.165, 1.54) is 5.56 Å². The van der Waals surface area contributed by atoms with Crippen molar-refractivity contribution in [2.45, 2.75) is 25.5 Å². The highest BCUT2D eigenvalue weighted by atomic mass is 35.5. The molecule has 25 heavy (non-hydrogen) atoms. The maximum atomic E-state index is 12.2. The number of carbonyl (C=O) groups excluding carboxylic acids is 1. The molecule has 3 rings (SSSR count). The first-order chi connectivity index (χ1) is 11.3. The number of nitrogens with zero attached hydrogens (tertiary/aromatic N) is 1. The van der Waals surface area contributed by atoms with Crippen LogP contribution in [-0.4, -0.2) is 56.2 Å². The van der Waals surface area contributed by atoms with E-state index in [0.717, 1.165) is 52.2 Å². The van der Waals surface area contributed by atoms with Gasteiger partial charge in [0.2, 0.25) is 5.91 Å². The summed E-state index contributed by atoms with van der Waals surface area (Å²) in [6, 6.07) is 10.5. The summed E-state index contributed by atoms with van der Waals surface area (Å²) >= 11 is 0. The number of amides is 1. The molecule has 2 unspecified atom stereocenters. The molecule has 1 aromatic carbocycles. The van der Waals surface area contributed by atoms with Crippen LogP contribution in [0.25, 0.3) is 0 Å². The molecule has 2 heterocycles. The van der Waals surface area contributed by atoms with Crippen molar-refractivity contribution in [3.63, 3.8) is 0 Å². The molecule has 0 bridgehead atoms. The van der Waals surface area contributed by atoms with Gasteiger partial charge in [-0.1, -0.05) is 30.3 Å². The molecule has 5 nitrogen and oxygen atoms in total. The van der Waals surface area contributed by atoms with Crippen LogP contribution in [0.5, 0.6) is 0 Å². The van der Waals surface area contributed by atoms with Crippen LogP contribution < -0.4 is 10.6 Å². The van der Waals surface area contributed by atoms with Crippen LogP contribution in [0.3, 0.4) is 0 Å². The number of hydrogen-bond acceptors (Lipinski definition) is 4. The number of morpholine rings is 1. The molecule has 0 aromatic heterocycles. The lowest BCUT2D eigenvalue weighted by molar-refractivity contribution is -0.126. The maximum absolute atomic E-state index is 12.2. The number of piperidine rings is 1. The van der Waals surface area contributed by atoms with Gasteiger partial charge in [0.25, 0.3) is 0 Å². The van der Waals surface area contributed by atoms with Crippen molar-refractivity contribution in [2.75, 3.05) is 39.3 Å². The number of benzene rings is 1. The predicted octanol–water partition coefficient (Wildman–Crippen LogP) is 1.85. The van der Waals surface area contributed by atoms with E-state index in [4.69, 9.17) is 4.74 Å². The third kappa shape index (κ3) is 7.12. The summed E-state index contributed by atoms with van der Waals surface area (Å²) in [5.74, 6) is 0.286. The molecular formula is C18H29Cl2N3O2. The number of hydrogen-bond donors (Lipinski definition) is 2. The molecule has 1 aromatic rings. The minimum atomic E-state index is 0. The molecular weight excluding hydrogens is 361 g/mol. The lowest BCUT2D eigenvalue weighted by Crippen LogP contribution is -2.49. The average molecular weight is 390 g/mol. The molecule has 2 aliphatic rings. The predicted molar refractivity (Wildman–Crippen MR) is 105 cm³/mol. The topological polar surface area (TPSA) is 53.6 Å². The highest BCUT2D eigenvalue weighted by Crippen LogP contribution is 2.12. The minimum Gasteiger partial charge on any atom is -0.374 e. The van der Waals surface area contributed by atoms with Gasteiger partial charge in [-0.2, -0.15) is 0 Å². The fourth-order valence-corrected chi connectivity index (χ4v) is 3.32. The summed E-state index contributed by atoms with van der Waals surface area (Å²) in [6.07, 6.45) is 2.17. The first-order valence-corrected chi connectivity index (χ1v) is 8.67. The zero-order valence-electron chi connectivity index (χ0n) is 14.5. The van der Waals surface area contributed by atoms with Gasteiger partial charge >= 0.3 is 0 Å². The molecule has 2 fully saturated rings. The molecule has 1 amide bonds. The molecule has 0 spiro atoms. The van der Waals surface area contributed by atoms with Gasteiger partial charge < -0.3 is 15.4 Å². The molecule has 142 valence electrons. The van der Waals surface area contributed by atoms with E-state index in [-0.39, 0.29) is 42.7 Å². The van der Waals surface area contributed by atoms with Crippen LogP contribution in [0, 0.1) is 5.92 Å². The van der Waals surface area contributed by atoms with Crippen molar-refractivity contribution in [3.05, 3.63) is 35.9 Å². The Morgan fingerprint density at radius 2 is 2.08 bits per heavy atom. The first kappa shape index (κ1) is 22.2. The van der Waals surface area contributed by atoms with Gasteiger partial charge in [0.1, 0.15) is 0 Å². The standard InChI is InChI=1S/C18H27N3O2.2ClH/c22-18(16-7-4-8-19-11-16)20-12-17-14-21(9-10-23-17)13-15-5-2-1-3-6-15;;/h1-3,5-6,16-17,19H,4,7-14H2,(H,20,22);2*1H. The van der Waals surface area contributed by atoms with E-state index >= 15 is 0 Å². The number of ether oxygens (including phenoxy) is 1. The molecule has 0 aliphatic carbocycles. The molecule has 2 N–H and O–H groups in total. The third-order valence-electron chi connectivity index (χ3n) is 4.64. The Morgan fingerprint density at radius 3 is 2.80 bits per heavy atom. The van der Waals surface area contributed by atoms with Crippen molar-refractivity contribution < 1.29 is 9.53 Å². The molecule has 0 saturated carbocycles. The Labute approximate surface area is 162 Å². The SMILES string of the molecule is Cl.Cl.O=C(NCC1CN(Cc2ccccc2)CCO1)C1CCCNC1. The number of rotatable bonds is 5. The summed E-state index contributed by atoms with van der Waals surface area (Å²) in [5, 5.41) is 6.36. The van der Waals surface area contributed by atoms with E-state index in [9.17, 15) is 4.79 Å². The second-order valence-electron chi connectivity index (χ2n) is 6.50. The van der Waals surface area contributed by atoms with E-state index < -0.39 is 0 Å². The van der Waals surface area contributed by atoms with Gasteiger partial charge in [0.05, 0.1) is 18.6 Å². The van der Waals surface area contributed by atoms with E-state index in [2.05, 4.69) is 39.8 Å². The molecule has 2 saturated heterocycles. The van der Waals surface area contributed by atoms with Gasteiger partial charge in [0.15, 0.2) is 0 Å². The van der Waals surface area contributed by atoms with Crippen molar-refractivity contribution in [1.82, 2.24) is 15.5 Å². The van der Waals surface area contributed by atoms with Gasteiger partial charge in [-0.25, -0.2) is 0 Å². The number of halogens is 2. The van der Waals surface area contributed by atoms with Crippen molar-refractivity contribution in [1.29, 1.82) is 0 Å². The van der Waals surface area contributed by atoms with Gasteiger partial charge in [-0.15, -0.1) is 24.8 Å². The summed E-state index contributed by atoms with van der Waals surface area (Å²) < 4.78 is 5.81. The maximum Gasteiger partial charge on any atom is 0.224 e. The lowest BCUT2D eigenvalue weighted by atomic mass is 9.99. The fraction of sp³-hybridized carbons (Fsp3) is 0.611. The van der Waals surface area contributed by atoms with Gasteiger partial charge in [-0.3, -0.25) is 9.69 Å². The molecule has 7 heteroatoms. The first-order valence-electron chi connectivity index (χ1n) is 8.67. The van der Waals surface area contributed by atoms with Crippen LogP contribution in [0.15, 0.2) is 30.3 Å². The second-order valence-corrected chi connectivity index (χ2v) is 6.50. The van der Waals surface area contributed by atoms with Crippen LogP contribution in [0.4, 0.5) is 0 Å². The molecule has 2 aliphatic heterocycles. The van der Waals surface area contributed by atoms with Crippen LogP contribution in [0.1, 0.15) is 18.4 Å². The van der Waals surface area contributed by atoms with Crippen LogP contribution in [-0.2, 0) is 16.1 Å². The van der Waals surface area contributed by atoms with E-state index in [0.29, 0.717) is 6.54 Å². The highest BCUT2D eigenvalue weighted by Gasteiger charge is 2.24. The molecule has 0 radical (unpaired) electrons. The lowest BCUT2D eigenvalue weighted by Gasteiger charge is -2.33. The average Bonchev–Trinajstić information content (AvgIpc) is 2.62. The second kappa shape index (κ2) is 11.7. The van der Waals surface area contributed by atoms with Crippen LogP contribution >= 0.6 is 24.8 Å². The van der Waals surface area contributed by atoms with Crippen molar-refractivity contribution in [2.24, 2.45) is 5.92 Å². The zero-order valence-corrected chi connectivity index (χ0v) is 16.1. The Morgan fingerprint density at radius 1 is 1.28 bits per heavy atom. The Balaban J connectivity index is 0.00000156. The zero-order chi connectivity index (χ0) is 15.9. The Bertz CT molecular complexity index is 498. The normalized spacial score (nSPS) is 23.8. The largest absolute Gasteiger partial charge is 0.374 e. The summed E-state index contributed by atoms with van der Waals surface area (Å²) in [7, 11) is 0. The quantitative estimate of drug-likeness (QED) is 0.806.